The van der Waals surface area contributed by atoms with Crippen molar-refractivity contribution in [2.45, 2.75) is 20.0 Å². The first kappa shape index (κ1) is 13.4. The average molecular weight is 280 g/mol. The second kappa shape index (κ2) is 5.40. The highest BCUT2D eigenvalue weighted by atomic mass is 16.5. The van der Waals surface area contributed by atoms with Crippen molar-refractivity contribution >= 4 is 10.8 Å². The second-order valence-corrected chi connectivity index (χ2v) is 5.11. The molecule has 21 heavy (non-hydrogen) atoms. The minimum absolute atomic E-state index is 0.0696. The summed E-state index contributed by atoms with van der Waals surface area (Å²) in [7, 11) is 0. The lowest BCUT2D eigenvalue weighted by Crippen LogP contribution is -2.10. The van der Waals surface area contributed by atoms with Crippen LogP contribution in [0, 0.1) is 0 Å². The maximum absolute atomic E-state index is 11.9. The van der Waals surface area contributed by atoms with Gasteiger partial charge in [0.2, 0.25) is 0 Å². The molecule has 106 valence electrons. The van der Waals surface area contributed by atoms with Crippen molar-refractivity contribution in [3.63, 3.8) is 0 Å². The minimum Gasteiger partial charge on any atom is -0.490 e. The van der Waals surface area contributed by atoms with Gasteiger partial charge in [-0.3, -0.25) is 4.79 Å². The Bertz CT molecular complexity index is 837. The monoisotopic (exact) mass is 280 g/mol. The van der Waals surface area contributed by atoms with Crippen LogP contribution in [0.15, 0.2) is 53.3 Å². The summed E-state index contributed by atoms with van der Waals surface area (Å²) in [5, 5.41) is 8.24. The van der Waals surface area contributed by atoms with E-state index in [1.807, 2.05) is 56.3 Å². The topological polar surface area (TPSA) is 55.0 Å². The fraction of sp³-hybridized carbons (Fsp3) is 0.176. The van der Waals surface area contributed by atoms with E-state index in [1.165, 1.54) is 0 Å². The Morgan fingerprint density at radius 1 is 1.00 bits per heavy atom. The van der Waals surface area contributed by atoms with Crippen molar-refractivity contribution in [3.8, 4) is 17.0 Å². The van der Waals surface area contributed by atoms with E-state index in [-0.39, 0.29) is 11.7 Å². The highest BCUT2D eigenvalue weighted by Gasteiger charge is 2.13. The Morgan fingerprint density at radius 2 is 1.67 bits per heavy atom. The summed E-state index contributed by atoms with van der Waals surface area (Å²) in [6.45, 7) is 3.96. The van der Waals surface area contributed by atoms with E-state index in [0.29, 0.717) is 5.39 Å². The predicted molar refractivity (Wildman–Crippen MR) is 83.6 cm³/mol. The lowest BCUT2D eigenvalue weighted by molar-refractivity contribution is 0.243. The molecule has 2 aromatic carbocycles. The largest absolute Gasteiger partial charge is 0.490 e. The molecule has 1 N–H and O–H groups in total. The van der Waals surface area contributed by atoms with Crippen LogP contribution in [-0.4, -0.2) is 16.3 Å². The van der Waals surface area contributed by atoms with Gasteiger partial charge in [0, 0.05) is 10.9 Å². The fourth-order valence-corrected chi connectivity index (χ4v) is 2.34. The molecule has 0 amide bonds. The van der Waals surface area contributed by atoms with Gasteiger partial charge in [0.05, 0.1) is 11.5 Å². The molecule has 0 saturated heterocycles. The molecular weight excluding hydrogens is 264 g/mol. The number of rotatable bonds is 3. The summed E-state index contributed by atoms with van der Waals surface area (Å²) in [4.78, 5) is 11.9. The van der Waals surface area contributed by atoms with Gasteiger partial charge in [-0.05, 0) is 32.0 Å². The third-order valence-corrected chi connectivity index (χ3v) is 3.20. The summed E-state index contributed by atoms with van der Waals surface area (Å²) in [5.41, 5.74) is 1.41. The van der Waals surface area contributed by atoms with Crippen LogP contribution in [0.25, 0.3) is 22.0 Å². The third-order valence-electron chi connectivity index (χ3n) is 3.20. The van der Waals surface area contributed by atoms with E-state index in [9.17, 15) is 4.79 Å². The molecule has 0 aliphatic carbocycles. The molecule has 1 heterocycles. The van der Waals surface area contributed by atoms with Crippen molar-refractivity contribution in [1.29, 1.82) is 0 Å². The number of fused-ring (bicyclic) bond motifs is 1. The van der Waals surface area contributed by atoms with E-state index < -0.39 is 0 Å². The molecule has 0 saturated carbocycles. The van der Waals surface area contributed by atoms with Crippen LogP contribution < -0.4 is 10.3 Å². The molecule has 0 unspecified atom stereocenters. The zero-order chi connectivity index (χ0) is 14.8. The van der Waals surface area contributed by atoms with Crippen LogP contribution in [0.4, 0.5) is 0 Å². The van der Waals surface area contributed by atoms with E-state index in [4.69, 9.17) is 4.74 Å². The molecular formula is C17H16N2O2. The van der Waals surface area contributed by atoms with Crippen LogP contribution in [0.3, 0.4) is 0 Å². The summed E-state index contributed by atoms with van der Waals surface area (Å²) < 4.78 is 5.85. The number of H-pyrrole nitrogens is 1. The van der Waals surface area contributed by atoms with Gasteiger partial charge in [-0.1, -0.05) is 30.3 Å². The highest BCUT2D eigenvalue weighted by Crippen LogP contribution is 2.32. The quantitative estimate of drug-likeness (QED) is 0.800. The average Bonchev–Trinajstić information content (AvgIpc) is 2.48. The third kappa shape index (κ3) is 2.52. The van der Waals surface area contributed by atoms with Gasteiger partial charge in [-0.2, -0.15) is 5.10 Å². The highest BCUT2D eigenvalue weighted by molar-refractivity contribution is 5.94. The van der Waals surface area contributed by atoms with E-state index in [0.717, 1.165) is 22.4 Å². The number of benzene rings is 2. The number of hydrogen-bond acceptors (Lipinski definition) is 3. The molecule has 3 rings (SSSR count). The lowest BCUT2D eigenvalue weighted by Gasteiger charge is -2.14. The molecule has 0 spiro atoms. The van der Waals surface area contributed by atoms with Crippen molar-refractivity contribution in [2.24, 2.45) is 0 Å². The molecule has 0 aliphatic heterocycles. The van der Waals surface area contributed by atoms with Gasteiger partial charge in [-0.25, -0.2) is 5.10 Å². The Hall–Kier alpha value is -2.62. The van der Waals surface area contributed by atoms with Crippen molar-refractivity contribution < 1.29 is 4.74 Å². The predicted octanol–water partition coefficient (Wildman–Crippen LogP) is 3.38. The zero-order valence-corrected chi connectivity index (χ0v) is 12.0. The number of para-hydroxylation sites is 1. The van der Waals surface area contributed by atoms with Crippen LogP contribution in [0.1, 0.15) is 13.8 Å². The van der Waals surface area contributed by atoms with Crippen molar-refractivity contribution in [1.82, 2.24) is 10.2 Å². The SMILES string of the molecule is CC(C)Oc1ccccc1-c1n[nH]c(=O)c2ccccc12. The van der Waals surface area contributed by atoms with E-state index in [2.05, 4.69) is 10.2 Å². The molecule has 1 aromatic heterocycles. The number of aromatic nitrogens is 2. The van der Waals surface area contributed by atoms with Gasteiger partial charge in [0.25, 0.3) is 5.56 Å². The molecule has 0 aliphatic rings. The number of nitrogens with zero attached hydrogens (tertiary/aromatic N) is 1. The minimum atomic E-state index is -0.184. The summed E-state index contributed by atoms with van der Waals surface area (Å²) >= 11 is 0. The van der Waals surface area contributed by atoms with Gasteiger partial charge in [-0.15, -0.1) is 0 Å². The Labute approximate surface area is 122 Å². The molecule has 3 aromatic rings. The molecule has 4 nitrogen and oxygen atoms in total. The van der Waals surface area contributed by atoms with Crippen LogP contribution in [0.5, 0.6) is 5.75 Å². The Balaban J connectivity index is 2.27. The maximum Gasteiger partial charge on any atom is 0.272 e. The Morgan fingerprint density at radius 3 is 2.43 bits per heavy atom. The maximum atomic E-state index is 11.9. The molecule has 0 radical (unpaired) electrons. The smallest absolute Gasteiger partial charge is 0.272 e. The lowest BCUT2D eigenvalue weighted by atomic mass is 10.0. The van der Waals surface area contributed by atoms with Gasteiger partial charge in [0.15, 0.2) is 0 Å². The van der Waals surface area contributed by atoms with Crippen molar-refractivity contribution in [3.05, 3.63) is 58.9 Å². The summed E-state index contributed by atoms with van der Waals surface area (Å²) in [6.07, 6.45) is 0.0696. The van der Waals surface area contributed by atoms with Gasteiger partial charge >= 0.3 is 0 Å². The van der Waals surface area contributed by atoms with Crippen LogP contribution >= 0.6 is 0 Å². The number of ether oxygens (including phenoxy) is 1. The van der Waals surface area contributed by atoms with Crippen molar-refractivity contribution in [2.75, 3.05) is 0 Å². The summed E-state index contributed by atoms with van der Waals surface area (Å²) in [5.74, 6) is 0.761. The normalized spacial score (nSPS) is 11.0. The first-order valence-corrected chi connectivity index (χ1v) is 6.90. The molecule has 0 bridgehead atoms. The molecule has 0 fully saturated rings. The first-order chi connectivity index (χ1) is 10.2. The number of aromatic amines is 1. The summed E-state index contributed by atoms with van der Waals surface area (Å²) in [6, 6.07) is 15.2. The van der Waals surface area contributed by atoms with E-state index in [1.54, 1.807) is 6.07 Å². The van der Waals surface area contributed by atoms with E-state index >= 15 is 0 Å². The standard InChI is InChI=1S/C17H16N2O2/c1-11(2)21-15-10-6-5-9-14(15)16-12-7-3-4-8-13(12)17(20)19-18-16/h3-11H,1-2H3,(H,19,20). The Kier molecular flexibility index (Phi) is 3.44. The number of nitrogens with one attached hydrogen (secondary N) is 1. The van der Waals surface area contributed by atoms with Crippen LogP contribution in [0.2, 0.25) is 0 Å². The second-order valence-electron chi connectivity index (χ2n) is 5.11. The number of hydrogen-bond donors (Lipinski definition) is 1. The van der Waals surface area contributed by atoms with Crippen LogP contribution in [-0.2, 0) is 0 Å². The zero-order valence-electron chi connectivity index (χ0n) is 12.0. The fourth-order valence-electron chi connectivity index (χ4n) is 2.34. The van der Waals surface area contributed by atoms with Gasteiger partial charge in [0.1, 0.15) is 11.4 Å². The molecule has 4 heteroatoms. The molecule has 0 atom stereocenters. The first-order valence-electron chi connectivity index (χ1n) is 6.90. The van der Waals surface area contributed by atoms with Gasteiger partial charge < -0.3 is 4.74 Å².